The molecule has 21 heavy (non-hydrogen) atoms. The zero-order valence-corrected chi connectivity index (χ0v) is 12.4. The van der Waals surface area contributed by atoms with E-state index in [0.29, 0.717) is 0 Å². The highest BCUT2D eigenvalue weighted by Crippen LogP contribution is 2.33. The number of rotatable bonds is 5. The standard InChI is InChI=1S/C15H16N2O3S/c1-10-4-2-5-11(8-17-15(19)20)13(10)21-14-12(9-18)6-3-7-16-14/h2-7,17-18H,8-9H2,1H3,(H,19,20). The number of nitrogens with one attached hydrogen (secondary N) is 1. The predicted molar refractivity (Wildman–Crippen MR) is 80.3 cm³/mol. The molecule has 2 aromatic rings. The first-order chi connectivity index (χ1) is 10.1. The number of aliphatic hydroxyl groups excluding tert-OH is 1. The molecule has 1 aromatic heterocycles. The Kier molecular flexibility index (Phi) is 5.19. The third-order valence-corrected chi connectivity index (χ3v) is 4.29. The Labute approximate surface area is 127 Å². The van der Waals surface area contributed by atoms with Crippen molar-refractivity contribution in [1.82, 2.24) is 10.3 Å². The highest BCUT2D eigenvalue weighted by molar-refractivity contribution is 7.99. The zero-order valence-electron chi connectivity index (χ0n) is 11.5. The van der Waals surface area contributed by atoms with E-state index in [-0.39, 0.29) is 13.2 Å². The lowest BCUT2D eigenvalue weighted by molar-refractivity contribution is 0.194. The summed E-state index contributed by atoms with van der Waals surface area (Å²) in [6.45, 7) is 2.12. The predicted octanol–water partition coefficient (Wildman–Crippen LogP) is 2.80. The molecule has 0 aliphatic heterocycles. The van der Waals surface area contributed by atoms with Gasteiger partial charge in [0.1, 0.15) is 5.03 Å². The molecule has 6 heteroatoms. The summed E-state index contributed by atoms with van der Waals surface area (Å²) in [4.78, 5) is 15.9. The summed E-state index contributed by atoms with van der Waals surface area (Å²) in [5.41, 5.74) is 2.68. The van der Waals surface area contributed by atoms with Gasteiger partial charge in [-0.15, -0.1) is 0 Å². The first kappa shape index (κ1) is 15.3. The van der Waals surface area contributed by atoms with Crippen molar-refractivity contribution in [2.45, 2.75) is 30.0 Å². The molecule has 2 rings (SSSR count). The third kappa shape index (κ3) is 3.96. The molecule has 0 saturated carbocycles. The second-order valence-corrected chi connectivity index (χ2v) is 5.45. The lowest BCUT2D eigenvalue weighted by atomic mass is 10.1. The number of carbonyl (C=O) groups is 1. The van der Waals surface area contributed by atoms with Crippen LogP contribution in [0.1, 0.15) is 16.7 Å². The molecule has 0 spiro atoms. The number of hydrogen-bond donors (Lipinski definition) is 3. The topological polar surface area (TPSA) is 82.5 Å². The molecule has 0 radical (unpaired) electrons. The van der Waals surface area contributed by atoms with Gasteiger partial charge in [0.05, 0.1) is 6.61 Å². The Morgan fingerprint density at radius 1 is 1.29 bits per heavy atom. The van der Waals surface area contributed by atoms with Crippen molar-refractivity contribution in [3.8, 4) is 0 Å². The largest absolute Gasteiger partial charge is 0.465 e. The summed E-state index contributed by atoms with van der Waals surface area (Å²) >= 11 is 1.44. The minimum absolute atomic E-state index is 0.0786. The van der Waals surface area contributed by atoms with Crippen LogP contribution in [0.5, 0.6) is 0 Å². The normalized spacial score (nSPS) is 10.4. The number of pyridine rings is 1. The molecule has 0 atom stereocenters. The lowest BCUT2D eigenvalue weighted by Crippen LogP contribution is -2.20. The Morgan fingerprint density at radius 3 is 2.76 bits per heavy atom. The van der Waals surface area contributed by atoms with Crippen LogP contribution in [0.25, 0.3) is 0 Å². The van der Waals surface area contributed by atoms with Gasteiger partial charge in [0.15, 0.2) is 0 Å². The average Bonchev–Trinajstić information content (AvgIpc) is 2.48. The Bertz CT molecular complexity index is 647. The van der Waals surface area contributed by atoms with Gasteiger partial charge in [-0.1, -0.05) is 36.0 Å². The van der Waals surface area contributed by atoms with E-state index in [0.717, 1.165) is 26.6 Å². The van der Waals surface area contributed by atoms with E-state index < -0.39 is 6.09 Å². The van der Waals surface area contributed by atoms with Gasteiger partial charge < -0.3 is 15.5 Å². The maximum atomic E-state index is 10.7. The molecule has 0 fully saturated rings. The van der Waals surface area contributed by atoms with Crippen LogP contribution in [-0.4, -0.2) is 21.3 Å². The highest BCUT2D eigenvalue weighted by atomic mass is 32.2. The first-order valence-corrected chi connectivity index (χ1v) is 7.21. The SMILES string of the molecule is Cc1cccc(CNC(=O)O)c1Sc1ncccc1CO. The number of aliphatic hydroxyl groups is 1. The highest BCUT2D eigenvalue weighted by Gasteiger charge is 2.11. The molecular weight excluding hydrogens is 288 g/mol. The van der Waals surface area contributed by atoms with E-state index in [9.17, 15) is 9.90 Å². The van der Waals surface area contributed by atoms with E-state index >= 15 is 0 Å². The molecule has 3 N–H and O–H groups in total. The number of amides is 1. The molecule has 0 unspecified atom stereocenters. The maximum absolute atomic E-state index is 10.7. The summed E-state index contributed by atoms with van der Waals surface area (Å²) in [5, 5.41) is 21.2. The number of benzene rings is 1. The minimum atomic E-state index is -1.05. The summed E-state index contributed by atoms with van der Waals surface area (Å²) in [7, 11) is 0. The second-order valence-electron chi connectivity index (χ2n) is 4.45. The Morgan fingerprint density at radius 2 is 2.05 bits per heavy atom. The summed E-state index contributed by atoms with van der Waals surface area (Å²) in [5.74, 6) is 0. The van der Waals surface area contributed by atoms with Crippen LogP contribution in [0.4, 0.5) is 4.79 Å². The molecule has 0 saturated heterocycles. The second kappa shape index (κ2) is 7.10. The summed E-state index contributed by atoms with van der Waals surface area (Å²) in [6.07, 6.45) is 0.621. The van der Waals surface area contributed by atoms with Gasteiger partial charge in [-0.25, -0.2) is 9.78 Å². The van der Waals surface area contributed by atoms with Gasteiger partial charge in [-0.3, -0.25) is 0 Å². The summed E-state index contributed by atoms with van der Waals surface area (Å²) < 4.78 is 0. The fourth-order valence-corrected chi connectivity index (χ4v) is 2.97. The number of aromatic nitrogens is 1. The van der Waals surface area contributed by atoms with E-state index in [1.165, 1.54) is 11.8 Å². The molecular formula is C15H16N2O3S. The molecule has 0 aliphatic rings. The molecule has 110 valence electrons. The van der Waals surface area contributed by atoms with Crippen molar-refractivity contribution in [1.29, 1.82) is 0 Å². The molecule has 5 nitrogen and oxygen atoms in total. The fraction of sp³-hybridized carbons (Fsp3) is 0.200. The van der Waals surface area contributed by atoms with Crippen molar-refractivity contribution < 1.29 is 15.0 Å². The zero-order chi connectivity index (χ0) is 15.2. The Hall–Kier alpha value is -2.05. The smallest absolute Gasteiger partial charge is 0.404 e. The quantitative estimate of drug-likeness (QED) is 0.791. The summed E-state index contributed by atoms with van der Waals surface area (Å²) in [6, 6.07) is 9.34. The van der Waals surface area contributed by atoms with Crippen molar-refractivity contribution in [2.24, 2.45) is 0 Å². The van der Waals surface area contributed by atoms with E-state index in [2.05, 4.69) is 10.3 Å². The first-order valence-electron chi connectivity index (χ1n) is 6.39. The molecule has 1 heterocycles. The van der Waals surface area contributed by atoms with Crippen LogP contribution in [0, 0.1) is 6.92 Å². The Balaban J connectivity index is 2.32. The number of carboxylic acid groups (broad SMARTS) is 1. The monoisotopic (exact) mass is 304 g/mol. The van der Waals surface area contributed by atoms with Gasteiger partial charge in [0, 0.05) is 23.2 Å². The molecule has 1 amide bonds. The number of aryl methyl sites for hydroxylation is 1. The minimum Gasteiger partial charge on any atom is -0.465 e. The molecule has 0 aliphatic carbocycles. The van der Waals surface area contributed by atoms with Crippen LogP contribution >= 0.6 is 11.8 Å². The van der Waals surface area contributed by atoms with E-state index in [1.807, 2.05) is 31.2 Å². The van der Waals surface area contributed by atoms with Gasteiger partial charge in [-0.2, -0.15) is 0 Å². The lowest BCUT2D eigenvalue weighted by Gasteiger charge is -2.13. The van der Waals surface area contributed by atoms with Gasteiger partial charge >= 0.3 is 6.09 Å². The van der Waals surface area contributed by atoms with Crippen LogP contribution < -0.4 is 5.32 Å². The van der Waals surface area contributed by atoms with Gasteiger partial charge in [0.2, 0.25) is 0 Å². The maximum Gasteiger partial charge on any atom is 0.404 e. The van der Waals surface area contributed by atoms with E-state index in [4.69, 9.17) is 5.11 Å². The van der Waals surface area contributed by atoms with Crippen LogP contribution in [0.2, 0.25) is 0 Å². The third-order valence-electron chi connectivity index (χ3n) is 2.94. The number of nitrogens with zero attached hydrogens (tertiary/aromatic N) is 1. The van der Waals surface area contributed by atoms with E-state index in [1.54, 1.807) is 12.3 Å². The van der Waals surface area contributed by atoms with Crippen molar-refractivity contribution in [3.63, 3.8) is 0 Å². The van der Waals surface area contributed by atoms with Crippen LogP contribution in [0.3, 0.4) is 0 Å². The fourth-order valence-electron chi connectivity index (χ4n) is 1.90. The van der Waals surface area contributed by atoms with Crippen molar-refractivity contribution in [3.05, 3.63) is 53.2 Å². The average molecular weight is 304 g/mol. The number of hydrogen-bond acceptors (Lipinski definition) is 4. The van der Waals surface area contributed by atoms with Crippen LogP contribution in [0.15, 0.2) is 46.5 Å². The van der Waals surface area contributed by atoms with Crippen molar-refractivity contribution >= 4 is 17.9 Å². The van der Waals surface area contributed by atoms with Gasteiger partial charge in [0.25, 0.3) is 0 Å². The van der Waals surface area contributed by atoms with Crippen molar-refractivity contribution in [2.75, 3.05) is 0 Å². The molecule has 1 aromatic carbocycles. The van der Waals surface area contributed by atoms with Crippen LogP contribution in [-0.2, 0) is 13.2 Å². The van der Waals surface area contributed by atoms with Gasteiger partial charge in [-0.05, 0) is 24.1 Å². The molecule has 0 bridgehead atoms.